The number of nitrogens with zero attached hydrogens (tertiary/aromatic N) is 2. The SMILES string of the molecule is CNC(=O)CC1CCOC2(CCN(C(=O)c3ccc([N+](=O)[O-])o3)CC2)C1. The van der Waals surface area contributed by atoms with E-state index in [9.17, 15) is 19.7 Å². The Kier molecular flexibility index (Phi) is 5.26. The van der Waals surface area contributed by atoms with E-state index in [1.54, 1.807) is 11.9 Å². The Bertz CT molecular complexity index is 692. The van der Waals surface area contributed by atoms with Gasteiger partial charge in [-0.25, -0.2) is 0 Å². The van der Waals surface area contributed by atoms with Crippen molar-refractivity contribution in [3.05, 3.63) is 28.0 Å². The van der Waals surface area contributed by atoms with Crippen molar-refractivity contribution in [1.29, 1.82) is 0 Å². The van der Waals surface area contributed by atoms with Gasteiger partial charge in [-0.05, 0) is 37.7 Å². The molecule has 9 heteroatoms. The fraction of sp³-hybridized carbons (Fsp3) is 0.647. The lowest BCUT2D eigenvalue weighted by Gasteiger charge is -2.46. The zero-order valence-corrected chi connectivity index (χ0v) is 14.7. The minimum Gasteiger partial charge on any atom is -0.395 e. The summed E-state index contributed by atoms with van der Waals surface area (Å²) in [5, 5.41) is 13.3. The molecule has 0 aliphatic carbocycles. The first-order valence-corrected chi connectivity index (χ1v) is 8.80. The van der Waals surface area contributed by atoms with Crippen LogP contribution < -0.4 is 5.32 Å². The van der Waals surface area contributed by atoms with Gasteiger partial charge < -0.3 is 19.4 Å². The van der Waals surface area contributed by atoms with Crippen LogP contribution in [0.2, 0.25) is 0 Å². The van der Waals surface area contributed by atoms with E-state index in [1.807, 2.05) is 0 Å². The molecule has 3 heterocycles. The van der Waals surface area contributed by atoms with Crippen LogP contribution in [-0.4, -0.2) is 54.0 Å². The van der Waals surface area contributed by atoms with Crippen LogP contribution >= 0.6 is 0 Å². The van der Waals surface area contributed by atoms with E-state index in [1.165, 1.54) is 12.1 Å². The molecule has 2 aliphatic rings. The molecule has 26 heavy (non-hydrogen) atoms. The van der Waals surface area contributed by atoms with Gasteiger partial charge in [0.05, 0.1) is 11.7 Å². The van der Waals surface area contributed by atoms with Crippen LogP contribution in [-0.2, 0) is 9.53 Å². The molecule has 0 saturated carbocycles. The predicted octanol–water partition coefficient (Wildman–Crippen LogP) is 1.73. The van der Waals surface area contributed by atoms with Crippen molar-refractivity contribution in [2.75, 3.05) is 26.7 Å². The smallest absolute Gasteiger partial charge is 0.395 e. The molecule has 2 aliphatic heterocycles. The summed E-state index contributed by atoms with van der Waals surface area (Å²) in [6.45, 7) is 1.63. The maximum Gasteiger partial charge on any atom is 0.433 e. The maximum atomic E-state index is 12.5. The van der Waals surface area contributed by atoms with Crippen LogP contribution in [0.5, 0.6) is 0 Å². The Balaban J connectivity index is 1.58. The van der Waals surface area contributed by atoms with Gasteiger partial charge in [-0.2, -0.15) is 0 Å². The Hall–Kier alpha value is -2.42. The molecule has 1 atom stereocenters. The number of amides is 2. The minimum absolute atomic E-state index is 0.0188. The van der Waals surface area contributed by atoms with Gasteiger partial charge >= 0.3 is 5.88 Å². The molecular weight excluding hydrogens is 342 g/mol. The summed E-state index contributed by atoms with van der Waals surface area (Å²) in [5.41, 5.74) is -0.289. The van der Waals surface area contributed by atoms with E-state index in [-0.39, 0.29) is 23.2 Å². The number of hydrogen-bond donors (Lipinski definition) is 1. The molecule has 9 nitrogen and oxygen atoms in total. The molecule has 2 fully saturated rings. The highest BCUT2D eigenvalue weighted by molar-refractivity contribution is 5.91. The highest BCUT2D eigenvalue weighted by Gasteiger charge is 2.42. The Morgan fingerprint density at radius 1 is 1.38 bits per heavy atom. The minimum atomic E-state index is -0.662. The third kappa shape index (κ3) is 3.87. The van der Waals surface area contributed by atoms with Crippen molar-refractivity contribution in [3.63, 3.8) is 0 Å². The number of carbonyl (C=O) groups excluding carboxylic acids is 2. The summed E-state index contributed by atoms with van der Waals surface area (Å²) in [7, 11) is 1.64. The van der Waals surface area contributed by atoms with E-state index < -0.39 is 10.8 Å². The molecule has 0 radical (unpaired) electrons. The van der Waals surface area contributed by atoms with Crippen molar-refractivity contribution in [2.45, 2.75) is 37.7 Å². The number of carbonyl (C=O) groups is 2. The summed E-state index contributed by atoms with van der Waals surface area (Å²) in [6.07, 6.45) is 3.56. The number of ether oxygens (including phenoxy) is 1. The van der Waals surface area contributed by atoms with Crippen molar-refractivity contribution in [1.82, 2.24) is 10.2 Å². The maximum absolute atomic E-state index is 12.5. The Morgan fingerprint density at radius 2 is 2.12 bits per heavy atom. The van der Waals surface area contributed by atoms with Gasteiger partial charge in [0.1, 0.15) is 4.92 Å². The fourth-order valence-corrected chi connectivity index (χ4v) is 3.83. The molecule has 0 bridgehead atoms. The second-order valence-electron chi connectivity index (χ2n) is 6.95. The monoisotopic (exact) mass is 365 g/mol. The normalized spacial score (nSPS) is 22.2. The molecule has 142 valence electrons. The second-order valence-corrected chi connectivity index (χ2v) is 6.95. The molecule has 2 saturated heterocycles. The Morgan fingerprint density at radius 3 is 2.73 bits per heavy atom. The zero-order valence-electron chi connectivity index (χ0n) is 14.7. The first-order valence-electron chi connectivity index (χ1n) is 8.80. The van der Waals surface area contributed by atoms with Crippen molar-refractivity contribution >= 4 is 17.7 Å². The third-order valence-corrected chi connectivity index (χ3v) is 5.29. The zero-order chi connectivity index (χ0) is 18.7. The number of hydrogen-bond acceptors (Lipinski definition) is 6. The van der Waals surface area contributed by atoms with E-state index in [0.717, 1.165) is 12.8 Å². The predicted molar refractivity (Wildman–Crippen MR) is 90.6 cm³/mol. The topological polar surface area (TPSA) is 115 Å². The average molecular weight is 365 g/mol. The highest BCUT2D eigenvalue weighted by atomic mass is 16.6. The Labute approximate surface area is 150 Å². The van der Waals surface area contributed by atoms with Gasteiger partial charge in [0.25, 0.3) is 5.91 Å². The van der Waals surface area contributed by atoms with Gasteiger partial charge in [0.2, 0.25) is 5.91 Å². The van der Waals surface area contributed by atoms with Crippen molar-refractivity contribution in [2.24, 2.45) is 5.92 Å². The summed E-state index contributed by atoms with van der Waals surface area (Å²) >= 11 is 0. The highest BCUT2D eigenvalue weighted by Crippen LogP contribution is 2.39. The molecular formula is C17H23N3O6. The van der Waals surface area contributed by atoms with Crippen LogP contribution in [0, 0.1) is 16.0 Å². The van der Waals surface area contributed by atoms with Gasteiger partial charge in [-0.3, -0.25) is 19.7 Å². The molecule has 1 aromatic heterocycles. The summed E-state index contributed by atoms with van der Waals surface area (Å²) in [5.74, 6) is -0.465. The second kappa shape index (κ2) is 7.45. The van der Waals surface area contributed by atoms with Crippen LogP contribution in [0.1, 0.15) is 42.7 Å². The third-order valence-electron chi connectivity index (χ3n) is 5.29. The number of likely N-dealkylation sites (tertiary alicyclic amines) is 1. The van der Waals surface area contributed by atoms with Crippen LogP contribution in [0.15, 0.2) is 16.5 Å². The van der Waals surface area contributed by atoms with Gasteiger partial charge in [-0.1, -0.05) is 0 Å². The van der Waals surface area contributed by atoms with E-state index in [0.29, 0.717) is 44.9 Å². The van der Waals surface area contributed by atoms with Gasteiger partial charge in [-0.15, -0.1) is 0 Å². The van der Waals surface area contributed by atoms with Crippen molar-refractivity contribution in [3.8, 4) is 0 Å². The van der Waals surface area contributed by atoms with Crippen LogP contribution in [0.3, 0.4) is 0 Å². The molecule has 1 unspecified atom stereocenters. The molecule has 3 rings (SSSR count). The summed E-state index contributed by atoms with van der Waals surface area (Å²) in [6, 6.07) is 2.52. The number of rotatable bonds is 4. The van der Waals surface area contributed by atoms with E-state index >= 15 is 0 Å². The fourth-order valence-electron chi connectivity index (χ4n) is 3.83. The first-order chi connectivity index (χ1) is 12.4. The number of furan rings is 1. The number of piperidine rings is 1. The molecule has 0 aromatic carbocycles. The lowest BCUT2D eigenvalue weighted by molar-refractivity contribution is -0.402. The molecule has 1 spiro atoms. The molecule has 2 amide bonds. The average Bonchev–Trinajstić information content (AvgIpc) is 3.12. The van der Waals surface area contributed by atoms with Gasteiger partial charge in [0.15, 0.2) is 5.76 Å². The van der Waals surface area contributed by atoms with Crippen LogP contribution in [0.25, 0.3) is 0 Å². The summed E-state index contributed by atoms with van der Waals surface area (Å²) < 4.78 is 11.0. The number of nitro groups is 1. The quantitative estimate of drug-likeness (QED) is 0.642. The number of nitrogens with one attached hydrogen (secondary N) is 1. The van der Waals surface area contributed by atoms with Gasteiger partial charge in [0, 0.05) is 33.2 Å². The first kappa shape index (κ1) is 18.4. The van der Waals surface area contributed by atoms with E-state index in [4.69, 9.17) is 9.15 Å². The molecule has 1 N–H and O–H groups in total. The summed E-state index contributed by atoms with van der Waals surface area (Å²) in [4.78, 5) is 35.8. The van der Waals surface area contributed by atoms with E-state index in [2.05, 4.69) is 5.32 Å². The largest absolute Gasteiger partial charge is 0.433 e. The molecule has 1 aromatic rings. The standard InChI is InChI=1S/C17H23N3O6/c1-18-14(21)10-12-4-9-25-17(11-12)5-7-19(8-6-17)16(22)13-2-3-15(26-13)20(23)24/h2-3,12H,4-11H2,1H3,(H,18,21). The van der Waals surface area contributed by atoms with Crippen molar-refractivity contribution < 1.29 is 23.7 Å². The van der Waals surface area contributed by atoms with Crippen LogP contribution in [0.4, 0.5) is 5.88 Å². The lowest BCUT2D eigenvalue weighted by atomic mass is 9.78. The lowest BCUT2D eigenvalue weighted by Crippen LogP contribution is -2.51.